The van der Waals surface area contributed by atoms with Gasteiger partial charge in [0, 0.05) is 12.6 Å². The second-order valence-corrected chi connectivity index (χ2v) is 4.17. The van der Waals surface area contributed by atoms with Crippen molar-refractivity contribution in [1.29, 1.82) is 0 Å². The zero-order valence-electron chi connectivity index (χ0n) is 10.3. The predicted octanol–water partition coefficient (Wildman–Crippen LogP) is 1.29. The summed E-state index contributed by atoms with van der Waals surface area (Å²) in [6, 6.07) is 3.95. The molecule has 1 rings (SSSR count). The van der Waals surface area contributed by atoms with Gasteiger partial charge in [-0.15, -0.1) is 0 Å². The molecule has 0 aliphatic rings. The third-order valence-electron chi connectivity index (χ3n) is 2.86. The minimum atomic E-state index is 0.0158. The van der Waals surface area contributed by atoms with Gasteiger partial charge in [0.15, 0.2) is 0 Å². The van der Waals surface area contributed by atoms with Crippen LogP contribution in [0.2, 0.25) is 0 Å². The molecule has 16 heavy (non-hydrogen) atoms. The lowest BCUT2D eigenvalue weighted by atomic mass is 10.0. The maximum absolute atomic E-state index is 8.98. The van der Waals surface area contributed by atoms with Crippen LogP contribution in [0.4, 0.5) is 0 Å². The van der Waals surface area contributed by atoms with Gasteiger partial charge in [0.1, 0.15) is 11.5 Å². The fourth-order valence-electron chi connectivity index (χ4n) is 1.89. The molecule has 0 aliphatic carbocycles. The van der Waals surface area contributed by atoms with Gasteiger partial charge in [-0.1, -0.05) is 6.92 Å². The monoisotopic (exact) mass is 226 g/mol. The van der Waals surface area contributed by atoms with Gasteiger partial charge >= 0.3 is 0 Å². The Hall–Kier alpha value is -0.840. The fraction of sp³-hybridized carbons (Fsp3) is 0.667. The lowest BCUT2D eigenvalue weighted by molar-refractivity contribution is 0.145. The molecule has 1 heterocycles. The van der Waals surface area contributed by atoms with E-state index in [9.17, 15) is 0 Å². The predicted molar refractivity (Wildman–Crippen MR) is 64.2 cm³/mol. The van der Waals surface area contributed by atoms with Crippen molar-refractivity contribution in [2.24, 2.45) is 5.73 Å². The summed E-state index contributed by atoms with van der Waals surface area (Å²) in [6.45, 7) is 4.70. The second kappa shape index (κ2) is 6.03. The Balaban J connectivity index is 2.86. The van der Waals surface area contributed by atoms with E-state index in [1.54, 1.807) is 0 Å². The molecule has 0 bridgehead atoms. The van der Waals surface area contributed by atoms with E-state index >= 15 is 0 Å². The minimum absolute atomic E-state index is 0.0158. The number of nitrogens with zero attached hydrogens (tertiary/aromatic N) is 1. The number of furan rings is 1. The topological polar surface area (TPSA) is 62.6 Å². The molecule has 2 atom stereocenters. The molecule has 1 aromatic heterocycles. The Labute approximate surface area is 97.0 Å². The molecule has 3 N–H and O–H groups in total. The maximum atomic E-state index is 8.98. The van der Waals surface area contributed by atoms with Crippen molar-refractivity contribution in [3.8, 4) is 0 Å². The number of hydrogen-bond acceptors (Lipinski definition) is 4. The van der Waals surface area contributed by atoms with E-state index < -0.39 is 0 Å². The van der Waals surface area contributed by atoms with E-state index in [-0.39, 0.29) is 18.7 Å². The second-order valence-electron chi connectivity index (χ2n) is 4.17. The van der Waals surface area contributed by atoms with Gasteiger partial charge in [-0.05, 0) is 32.5 Å². The Morgan fingerprint density at radius 3 is 2.62 bits per heavy atom. The van der Waals surface area contributed by atoms with Crippen molar-refractivity contribution < 1.29 is 9.52 Å². The van der Waals surface area contributed by atoms with Gasteiger partial charge in [-0.25, -0.2) is 0 Å². The summed E-state index contributed by atoms with van der Waals surface area (Å²) in [5.41, 5.74) is 6.11. The van der Waals surface area contributed by atoms with Gasteiger partial charge in [-0.2, -0.15) is 0 Å². The highest BCUT2D eigenvalue weighted by molar-refractivity contribution is 5.12. The molecule has 0 aliphatic heterocycles. The van der Waals surface area contributed by atoms with Crippen molar-refractivity contribution >= 4 is 0 Å². The standard InChI is InChI=1S/C12H22N2O2/c1-4-10(13)12(14(3)7-8-15)11-6-5-9(2)16-11/h5-6,10,12,15H,4,7-8,13H2,1-3H3. The molecule has 0 saturated carbocycles. The van der Waals surface area contributed by atoms with E-state index in [4.69, 9.17) is 15.3 Å². The summed E-state index contributed by atoms with van der Waals surface area (Å²) in [5.74, 6) is 1.77. The Morgan fingerprint density at radius 1 is 1.50 bits per heavy atom. The molecule has 92 valence electrons. The van der Waals surface area contributed by atoms with Crippen molar-refractivity contribution in [1.82, 2.24) is 4.90 Å². The first-order valence-electron chi connectivity index (χ1n) is 5.73. The third kappa shape index (κ3) is 3.07. The maximum Gasteiger partial charge on any atom is 0.122 e. The molecule has 2 unspecified atom stereocenters. The highest BCUT2D eigenvalue weighted by Crippen LogP contribution is 2.25. The first-order valence-corrected chi connectivity index (χ1v) is 5.73. The zero-order valence-corrected chi connectivity index (χ0v) is 10.3. The molecule has 0 spiro atoms. The fourth-order valence-corrected chi connectivity index (χ4v) is 1.89. The highest BCUT2D eigenvalue weighted by atomic mass is 16.3. The summed E-state index contributed by atoms with van der Waals surface area (Å²) in [5, 5.41) is 8.98. The smallest absolute Gasteiger partial charge is 0.122 e. The number of nitrogens with two attached hydrogens (primary N) is 1. The van der Waals surface area contributed by atoms with E-state index in [2.05, 4.69) is 6.92 Å². The van der Waals surface area contributed by atoms with Crippen LogP contribution in [0.15, 0.2) is 16.5 Å². The molecular formula is C12H22N2O2. The van der Waals surface area contributed by atoms with Gasteiger partial charge in [0.25, 0.3) is 0 Å². The molecule has 4 nitrogen and oxygen atoms in total. The Kier molecular flexibility index (Phi) is 4.99. The number of likely N-dealkylation sites (N-methyl/N-ethyl adjacent to an activating group) is 1. The largest absolute Gasteiger partial charge is 0.465 e. The van der Waals surface area contributed by atoms with Crippen LogP contribution in [0.5, 0.6) is 0 Å². The Bertz CT molecular complexity index is 312. The molecular weight excluding hydrogens is 204 g/mol. The van der Waals surface area contributed by atoms with Crippen molar-refractivity contribution in [2.45, 2.75) is 32.4 Å². The average molecular weight is 226 g/mol. The normalized spacial score (nSPS) is 15.4. The van der Waals surface area contributed by atoms with E-state index in [1.807, 2.05) is 31.0 Å². The summed E-state index contributed by atoms with van der Waals surface area (Å²) >= 11 is 0. The number of rotatable bonds is 6. The van der Waals surface area contributed by atoms with Crippen LogP contribution < -0.4 is 5.73 Å². The summed E-state index contributed by atoms with van der Waals surface area (Å²) < 4.78 is 5.63. The molecule has 0 radical (unpaired) electrons. The van der Waals surface area contributed by atoms with Crippen LogP contribution in [0.1, 0.15) is 30.9 Å². The van der Waals surface area contributed by atoms with Crippen molar-refractivity contribution in [3.63, 3.8) is 0 Å². The highest BCUT2D eigenvalue weighted by Gasteiger charge is 2.25. The van der Waals surface area contributed by atoms with Crippen LogP contribution in [0.25, 0.3) is 0 Å². The molecule has 1 aromatic rings. The third-order valence-corrected chi connectivity index (χ3v) is 2.86. The number of aliphatic hydroxyl groups is 1. The summed E-state index contributed by atoms with van der Waals surface area (Å²) in [4.78, 5) is 2.03. The van der Waals surface area contributed by atoms with Crippen LogP contribution in [-0.2, 0) is 0 Å². The lowest BCUT2D eigenvalue weighted by Gasteiger charge is -2.30. The van der Waals surface area contributed by atoms with Crippen LogP contribution in [0.3, 0.4) is 0 Å². The van der Waals surface area contributed by atoms with Crippen LogP contribution >= 0.6 is 0 Å². The van der Waals surface area contributed by atoms with E-state index in [0.717, 1.165) is 17.9 Å². The zero-order chi connectivity index (χ0) is 12.1. The van der Waals surface area contributed by atoms with E-state index in [1.165, 1.54) is 0 Å². The molecule has 0 fully saturated rings. The van der Waals surface area contributed by atoms with Gasteiger partial charge in [-0.3, -0.25) is 4.90 Å². The summed E-state index contributed by atoms with van der Waals surface area (Å²) in [6.07, 6.45) is 0.875. The average Bonchev–Trinajstić information content (AvgIpc) is 2.65. The SMILES string of the molecule is CCC(N)C(c1ccc(C)o1)N(C)CCO. The van der Waals surface area contributed by atoms with Gasteiger partial charge in [0.2, 0.25) is 0 Å². The quantitative estimate of drug-likeness (QED) is 0.767. The lowest BCUT2D eigenvalue weighted by Crippen LogP contribution is -2.39. The van der Waals surface area contributed by atoms with Crippen molar-refractivity contribution in [2.75, 3.05) is 20.2 Å². The Morgan fingerprint density at radius 2 is 2.19 bits per heavy atom. The molecule has 0 amide bonds. The van der Waals surface area contributed by atoms with Crippen LogP contribution in [-0.4, -0.2) is 36.2 Å². The minimum Gasteiger partial charge on any atom is -0.465 e. The number of aryl methyl sites for hydroxylation is 1. The molecule has 0 aromatic carbocycles. The van der Waals surface area contributed by atoms with Crippen molar-refractivity contribution in [3.05, 3.63) is 23.7 Å². The number of hydrogen-bond donors (Lipinski definition) is 2. The first-order chi connectivity index (χ1) is 7.60. The van der Waals surface area contributed by atoms with Crippen LogP contribution in [0, 0.1) is 6.92 Å². The van der Waals surface area contributed by atoms with Gasteiger partial charge < -0.3 is 15.3 Å². The number of aliphatic hydroxyl groups excluding tert-OH is 1. The first kappa shape index (κ1) is 13.2. The molecule has 4 heteroatoms. The van der Waals surface area contributed by atoms with Gasteiger partial charge in [0.05, 0.1) is 12.6 Å². The molecule has 0 saturated heterocycles. The summed E-state index contributed by atoms with van der Waals surface area (Å²) in [7, 11) is 1.95. The van der Waals surface area contributed by atoms with E-state index in [0.29, 0.717) is 6.54 Å².